The number of hydrogen-bond donors (Lipinski definition) is 0. The molecule has 0 aromatic carbocycles. The van der Waals surface area contributed by atoms with Crippen LogP contribution in [0.1, 0.15) is 0 Å². The smallest absolute Gasteiger partial charge is 0.746 e. The van der Waals surface area contributed by atoms with Crippen LogP contribution in [0.25, 0.3) is 0 Å². The Balaban J connectivity index is 0. The molecule has 0 aromatic rings. The molecule has 0 spiro atoms. The van der Waals surface area contributed by atoms with Crippen molar-refractivity contribution in [2.75, 3.05) is 0 Å². The summed E-state index contributed by atoms with van der Waals surface area (Å²) in [5.41, 5.74) is -6.39. The van der Waals surface area contributed by atoms with Gasteiger partial charge in [-0.15, -0.1) is 0 Å². The summed E-state index contributed by atoms with van der Waals surface area (Å²) in [5.74, 6) is -92.1. The minimum absolute atomic E-state index is 0. The number of hydrogen-bond acceptors (Lipinski definition) is 3. The third-order valence-electron chi connectivity index (χ3n) is 4.47. The van der Waals surface area contributed by atoms with E-state index < -0.39 is 81.0 Å². The zero-order valence-corrected chi connectivity index (χ0v) is 20.6. The maximum atomic E-state index is 13.5. The van der Waals surface area contributed by atoms with Crippen molar-refractivity contribution in [3.63, 3.8) is 0 Å². The van der Waals surface area contributed by atoms with Crippen molar-refractivity contribution < 1.29 is 148 Å². The predicted molar refractivity (Wildman–Crippen MR) is 70.1 cm³/mol. The Kier molecular flexibility index (Phi) is 10.8. The van der Waals surface area contributed by atoms with Crippen molar-refractivity contribution in [1.29, 1.82) is 0 Å². The van der Waals surface area contributed by atoms with Crippen LogP contribution >= 0.6 is 0 Å². The predicted octanol–water partition coefficient (Wildman–Crippen LogP) is 3.75. The molecule has 0 aliphatic rings. The third kappa shape index (κ3) is 5.31. The van der Waals surface area contributed by atoms with Crippen LogP contribution in [-0.2, 0) is 10.1 Å². The molecule has 0 fully saturated rings. The fourth-order valence-electron chi connectivity index (χ4n) is 2.09. The first-order chi connectivity index (χ1) is 16.7. The van der Waals surface area contributed by atoms with Crippen LogP contribution in [0.2, 0.25) is 0 Å². The number of rotatable bonds is 11. The van der Waals surface area contributed by atoms with Gasteiger partial charge in [0.15, 0.2) is 0 Å². The van der Waals surface area contributed by atoms with Crippen molar-refractivity contribution in [3.8, 4) is 0 Å². The molecule has 0 aliphatic heterocycles. The van der Waals surface area contributed by atoms with Crippen molar-refractivity contribution in [2.24, 2.45) is 0 Å². The van der Waals surface area contributed by atoms with Crippen LogP contribution in [-0.4, -0.2) is 83.9 Å². The SMILES string of the molecule is O=S(=O)([O-])C(F)C(F)(F)C(F)(F)C(F)(F)C(F)(F)C(F)(F)C(F)(F)C(F)(F)C(F)(F)C(F)(F)C(F)(F)C(F)(F)F.[Na+]. The van der Waals surface area contributed by atoms with Gasteiger partial charge >= 0.3 is 95.0 Å². The van der Waals surface area contributed by atoms with Crippen LogP contribution < -0.4 is 29.6 Å². The van der Waals surface area contributed by atoms with E-state index in [2.05, 4.69) is 0 Å². The van der Waals surface area contributed by atoms with Gasteiger partial charge in [0.2, 0.25) is 0 Å². The van der Waals surface area contributed by atoms with Crippen molar-refractivity contribution in [2.45, 2.75) is 70.9 Å². The zero-order chi connectivity index (χ0) is 33.6. The van der Waals surface area contributed by atoms with Crippen molar-refractivity contribution >= 4 is 10.1 Å². The van der Waals surface area contributed by atoms with Crippen molar-refractivity contribution in [3.05, 3.63) is 0 Å². The molecule has 0 aliphatic carbocycles. The molecule has 0 rings (SSSR count). The van der Waals surface area contributed by atoms with Gasteiger partial charge in [-0.25, -0.2) is 12.8 Å². The topological polar surface area (TPSA) is 57.2 Å². The van der Waals surface area contributed by atoms with E-state index in [4.69, 9.17) is 0 Å². The number of halogens is 24. The summed E-state index contributed by atoms with van der Waals surface area (Å²) in [5, 5.41) is 0. The molecule has 0 aromatic heterocycles. The van der Waals surface area contributed by atoms with Gasteiger partial charge in [-0.3, -0.25) is 0 Å². The normalized spacial score (nSPS) is 17.3. The molecule has 1 atom stereocenters. The monoisotopic (exact) mass is 704 g/mol. The Labute approximate surface area is 229 Å². The van der Waals surface area contributed by atoms with Gasteiger partial charge in [-0.1, -0.05) is 0 Å². The molecule has 242 valence electrons. The number of alkyl halides is 24. The van der Waals surface area contributed by atoms with E-state index in [1.165, 1.54) is 0 Å². The minimum Gasteiger partial charge on any atom is -0.746 e. The average molecular weight is 704 g/mol. The van der Waals surface area contributed by atoms with E-state index in [0.29, 0.717) is 0 Å². The van der Waals surface area contributed by atoms with Gasteiger partial charge < -0.3 is 4.55 Å². The second-order valence-corrected chi connectivity index (χ2v) is 8.50. The maximum Gasteiger partial charge on any atom is 1.00 e. The molecule has 0 radical (unpaired) electrons. The van der Waals surface area contributed by atoms with E-state index in [0.717, 1.165) is 0 Å². The Hall–Kier alpha value is -0.770. The van der Waals surface area contributed by atoms with Gasteiger partial charge in [0.25, 0.3) is 5.50 Å². The second-order valence-electron chi connectivity index (χ2n) is 7.10. The Morgan fingerprint density at radius 3 is 0.732 bits per heavy atom. The van der Waals surface area contributed by atoms with E-state index in [1.54, 1.807) is 0 Å². The molecule has 0 N–H and O–H groups in total. The van der Waals surface area contributed by atoms with Gasteiger partial charge in [0.05, 0.1) is 0 Å². The summed E-state index contributed by atoms with van der Waals surface area (Å²) in [6.07, 6.45) is -8.19. The standard InChI is InChI=1S/C12H2F24O3S.Na/c13-1(40(37,38)39)2(14,15)3(16,17)4(18,19)5(20,21)6(22,23)7(24,25)8(26,27)9(28,29)10(30,31)11(32,33)12(34,35)36;/h1H,(H,37,38,39);/q;+1/p-1. The summed E-state index contributed by atoms with van der Waals surface area (Å²) < 4.78 is 343. The van der Waals surface area contributed by atoms with Crippen LogP contribution in [0.5, 0.6) is 0 Å². The third-order valence-corrected chi connectivity index (χ3v) is 5.27. The summed E-state index contributed by atoms with van der Waals surface area (Å²) in [4.78, 5) is 0. The molecule has 0 saturated heterocycles. The van der Waals surface area contributed by atoms with E-state index in [-0.39, 0.29) is 29.6 Å². The van der Waals surface area contributed by atoms with Crippen LogP contribution in [0.15, 0.2) is 0 Å². The summed E-state index contributed by atoms with van der Waals surface area (Å²) in [7, 11) is -7.72. The Morgan fingerprint density at radius 2 is 0.561 bits per heavy atom. The molecular weight excluding hydrogens is 703 g/mol. The molecule has 0 amide bonds. The van der Waals surface area contributed by atoms with E-state index in [1.807, 2.05) is 0 Å². The van der Waals surface area contributed by atoms with Crippen LogP contribution in [0.3, 0.4) is 0 Å². The zero-order valence-electron chi connectivity index (χ0n) is 17.8. The van der Waals surface area contributed by atoms with E-state index >= 15 is 0 Å². The quantitative estimate of drug-likeness (QED) is 0.187. The Bertz CT molecular complexity index is 1060. The van der Waals surface area contributed by atoms with Gasteiger partial charge in [0.1, 0.15) is 10.1 Å². The maximum absolute atomic E-state index is 13.5. The molecule has 1 unspecified atom stereocenters. The van der Waals surface area contributed by atoms with Crippen molar-refractivity contribution in [1.82, 2.24) is 0 Å². The molecule has 41 heavy (non-hydrogen) atoms. The summed E-state index contributed by atoms with van der Waals surface area (Å²) >= 11 is 0. The fraction of sp³-hybridized carbons (Fsp3) is 1.00. The van der Waals surface area contributed by atoms with Crippen LogP contribution in [0.4, 0.5) is 105 Å². The fourth-order valence-corrected chi connectivity index (χ4v) is 2.60. The van der Waals surface area contributed by atoms with Gasteiger partial charge in [0, 0.05) is 0 Å². The van der Waals surface area contributed by atoms with Crippen LogP contribution in [0, 0.1) is 0 Å². The minimum atomic E-state index is -9.65. The van der Waals surface area contributed by atoms with E-state index in [9.17, 15) is 118 Å². The summed E-state index contributed by atoms with van der Waals surface area (Å²) in [6.45, 7) is 0. The van der Waals surface area contributed by atoms with Gasteiger partial charge in [-0.05, 0) is 0 Å². The molecule has 0 saturated carbocycles. The molecule has 3 nitrogen and oxygen atoms in total. The first-order valence-corrected chi connectivity index (χ1v) is 9.56. The summed E-state index contributed by atoms with van der Waals surface area (Å²) in [6, 6.07) is 0. The molecule has 0 bridgehead atoms. The second kappa shape index (κ2) is 10.4. The Morgan fingerprint density at radius 1 is 0.390 bits per heavy atom. The molecule has 29 heteroatoms. The average Bonchev–Trinajstić information content (AvgIpc) is 2.70. The molecular formula is C12HF24NaO3S. The molecule has 0 heterocycles. The van der Waals surface area contributed by atoms with Gasteiger partial charge in [-0.2, -0.15) is 101 Å². The largest absolute Gasteiger partial charge is 1.00 e. The first-order valence-electron chi connectivity index (χ1n) is 8.09. The first kappa shape index (κ1) is 42.4.